The summed E-state index contributed by atoms with van der Waals surface area (Å²) in [5, 5.41) is 5.48. The third-order valence-corrected chi connectivity index (χ3v) is 3.90. The van der Waals surface area contributed by atoms with Crippen molar-refractivity contribution in [3.8, 4) is 0 Å². The minimum atomic E-state index is -0.498. The SMILES string of the molecule is Cl.O=C1CCC(c2cnc(N3CCNCC3)c(F)c2)C(=O)N1. The highest BCUT2D eigenvalue weighted by molar-refractivity contribution is 6.00. The second kappa shape index (κ2) is 7.02. The maximum atomic E-state index is 14.3. The number of pyridine rings is 1. The lowest BCUT2D eigenvalue weighted by molar-refractivity contribution is -0.134. The highest BCUT2D eigenvalue weighted by Gasteiger charge is 2.29. The number of nitrogens with one attached hydrogen (secondary N) is 2. The van der Waals surface area contributed by atoms with Gasteiger partial charge in [0.15, 0.2) is 11.6 Å². The van der Waals surface area contributed by atoms with E-state index < -0.39 is 11.7 Å². The molecule has 2 saturated heterocycles. The van der Waals surface area contributed by atoms with Gasteiger partial charge in [0.1, 0.15) is 0 Å². The van der Waals surface area contributed by atoms with E-state index in [4.69, 9.17) is 0 Å². The number of amides is 2. The van der Waals surface area contributed by atoms with Gasteiger partial charge in [-0.25, -0.2) is 9.37 Å². The van der Waals surface area contributed by atoms with Crippen LogP contribution in [-0.2, 0) is 9.59 Å². The van der Waals surface area contributed by atoms with Gasteiger partial charge in [-0.1, -0.05) is 0 Å². The van der Waals surface area contributed by atoms with Crippen LogP contribution < -0.4 is 15.5 Å². The zero-order valence-corrected chi connectivity index (χ0v) is 12.8. The van der Waals surface area contributed by atoms with E-state index in [0.717, 1.165) is 13.1 Å². The van der Waals surface area contributed by atoms with Crippen LogP contribution in [0.4, 0.5) is 10.2 Å². The van der Waals surface area contributed by atoms with E-state index in [0.29, 0.717) is 30.9 Å². The standard InChI is InChI=1S/C14H17FN4O2.ClH/c15-11-7-9(10-1-2-12(20)18-14(10)21)8-17-13(11)19-5-3-16-4-6-19;/h7-8,10,16H,1-6H2,(H,18,20,21);1H. The van der Waals surface area contributed by atoms with E-state index in [2.05, 4.69) is 15.6 Å². The van der Waals surface area contributed by atoms with Crippen LogP contribution in [0.1, 0.15) is 24.3 Å². The summed E-state index contributed by atoms with van der Waals surface area (Å²) >= 11 is 0. The normalized spacial score (nSPS) is 22.0. The minimum Gasteiger partial charge on any atom is -0.352 e. The minimum absolute atomic E-state index is 0. The Morgan fingerprint density at radius 3 is 2.64 bits per heavy atom. The first-order chi connectivity index (χ1) is 10.1. The Morgan fingerprint density at radius 2 is 2.00 bits per heavy atom. The maximum Gasteiger partial charge on any atom is 0.234 e. The van der Waals surface area contributed by atoms with Crippen LogP contribution in [-0.4, -0.2) is 43.0 Å². The Hall–Kier alpha value is -1.73. The number of piperazine rings is 1. The van der Waals surface area contributed by atoms with Crippen LogP contribution in [0.15, 0.2) is 12.3 Å². The molecule has 0 saturated carbocycles. The molecule has 0 spiro atoms. The Labute approximate surface area is 133 Å². The number of aromatic nitrogens is 1. The predicted octanol–water partition coefficient (Wildman–Crippen LogP) is 0.572. The number of hydrogen-bond donors (Lipinski definition) is 2. The molecule has 3 heterocycles. The molecule has 3 rings (SSSR count). The van der Waals surface area contributed by atoms with E-state index in [1.807, 2.05) is 4.90 Å². The molecule has 6 nitrogen and oxygen atoms in total. The van der Waals surface area contributed by atoms with Crippen molar-refractivity contribution in [2.24, 2.45) is 0 Å². The van der Waals surface area contributed by atoms with Crippen LogP contribution in [0.5, 0.6) is 0 Å². The smallest absolute Gasteiger partial charge is 0.234 e. The lowest BCUT2D eigenvalue weighted by Gasteiger charge is -2.29. The van der Waals surface area contributed by atoms with Gasteiger partial charge in [-0.3, -0.25) is 14.9 Å². The van der Waals surface area contributed by atoms with Gasteiger partial charge < -0.3 is 10.2 Å². The fourth-order valence-electron chi connectivity index (χ4n) is 2.76. The summed E-state index contributed by atoms with van der Waals surface area (Å²) in [6, 6.07) is 1.37. The molecule has 0 bridgehead atoms. The summed E-state index contributed by atoms with van der Waals surface area (Å²) in [4.78, 5) is 29.0. The topological polar surface area (TPSA) is 74.3 Å². The van der Waals surface area contributed by atoms with Gasteiger partial charge in [0, 0.05) is 38.8 Å². The fourth-order valence-corrected chi connectivity index (χ4v) is 2.76. The summed E-state index contributed by atoms with van der Waals surface area (Å²) in [6.45, 7) is 3.02. The molecule has 1 unspecified atom stereocenters. The number of hydrogen-bond acceptors (Lipinski definition) is 5. The lowest BCUT2D eigenvalue weighted by atomic mass is 9.91. The monoisotopic (exact) mass is 328 g/mol. The molecule has 2 aliphatic rings. The molecule has 0 aliphatic carbocycles. The summed E-state index contributed by atoms with van der Waals surface area (Å²) in [6.07, 6.45) is 2.22. The summed E-state index contributed by atoms with van der Waals surface area (Å²) < 4.78 is 14.3. The average molecular weight is 329 g/mol. The van der Waals surface area contributed by atoms with E-state index in [-0.39, 0.29) is 30.6 Å². The molecule has 120 valence electrons. The molecule has 0 radical (unpaired) electrons. The molecule has 22 heavy (non-hydrogen) atoms. The van der Waals surface area contributed by atoms with E-state index >= 15 is 0 Å². The van der Waals surface area contributed by atoms with Gasteiger partial charge in [0.25, 0.3) is 0 Å². The van der Waals surface area contributed by atoms with E-state index in [1.54, 1.807) is 6.20 Å². The highest BCUT2D eigenvalue weighted by Crippen LogP contribution is 2.27. The zero-order valence-electron chi connectivity index (χ0n) is 12.0. The number of rotatable bonds is 2. The molecule has 8 heteroatoms. The highest BCUT2D eigenvalue weighted by atomic mass is 35.5. The van der Waals surface area contributed by atoms with Crippen molar-refractivity contribution in [2.75, 3.05) is 31.1 Å². The first kappa shape index (κ1) is 16.6. The first-order valence-electron chi connectivity index (χ1n) is 7.10. The van der Waals surface area contributed by atoms with Crippen molar-refractivity contribution in [3.63, 3.8) is 0 Å². The Kier molecular flexibility index (Phi) is 5.31. The molecule has 2 fully saturated rings. The van der Waals surface area contributed by atoms with Gasteiger partial charge in [0.05, 0.1) is 5.92 Å². The van der Waals surface area contributed by atoms with Crippen LogP contribution in [0, 0.1) is 5.82 Å². The molecule has 2 aliphatic heterocycles. The molecule has 1 aromatic heterocycles. The maximum absolute atomic E-state index is 14.3. The summed E-state index contributed by atoms with van der Waals surface area (Å²) in [5.41, 5.74) is 0.524. The summed E-state index contributed by atoms with van der Waals surface area (Å²) in [7, 11) is 0. The van der Waals surface area contributed by atoms with Crippen molar-refractivity contribution in [1.82, 2.24) is 15.6 Å². The van der Waals surface area contributed by atoms with E-state index in [9.17, 15) is 14.0 Å². The van der Waals surface area contributed by atoms with Gasteiger partial charge in [0.2, 0.25) is 11.8 Å². The van der Waals surface area contributed by atoms with Crippen LogP contribution in [0.2, 0.25) is 0 Å². The Bertz CT molecular complexity index is 578. The quantitative estimate of drug-likeness (QED) is 0.777. The van der Waals surface area contributed by atoms with Gasteiger partial charge >= 0.3 is 0 Å². The van der Waals surface area contributed by atoms with Crippen molar-refractivity contribution in [2.45, 2.75) is 18.8 Å². The van der Waals surface area contributed by atoms with E-state index in [1.165, 1.54) is 6.07 Å². The molecule has 1 aromatic rings. The van der Waals surface area contributed by atoms with Crippen LogP contribution in [0.25, 0.3) is 0 Å². The van der Waals surface area contributed by atoms with Crippen LogP contribution >= 0.6 is 12.4 Å². The van der Waals surface area contributed by atoms with Crippen molar-refractivity contribution in [1.29, 1.82) is 0 Å². The number of carbonyl (C=O) groups excluding carboxylic acids is 2. The first-order valence-corrected chi connectivity index (χ1v) is 7.10. The van der Waals surface area contributed by atoms with Crippen LogP contribution in [0.3, 0.4) is 0 Å². The van der Waals surface area contributed by atoms with Crippen molar-refractivity contribution >= 4 is 30.0 Å². The number of anilines is 1. The average Bonchev–Trinajstić information content (AvgIpc) is 2.48. The molecule has 1 atom stereocenters. The van der Waals surface area contributed by atoms with Gasteiger partial charge in [-0.15, -0.1) is 12.4 Å². The molecule has 2 amide bonds. The number of halogens is 2. The number of piperidine rings is 1. The molecular formula is C14H18ClFN4O2. The second-order valence-corrected chi connectivity index (χ2v) is 5.31. The zero-order chi connectivity index (χ0) is 14.8. The largest absolute Gasteiger partial charge is 0.352 e. The lowest BCUT2D eigenvalue weighted by Crippen LogP contribution is -2.44. The molecule has 0 aromatic carbocycles. The fraction of sp³-hybridized carbons (Fsp3) is 0.500. The van der Waals surface area contributed by atoms with Gasteiger partial charge in [-0.2, -0.15) is 0 Å². The third-order valence-electron chi connectivity index (χ3n) is 3.90. The molecular weight excluding hydrogens is 311 g/mol. The number of carbonyl (C=O) groups is 2. The van der Waals surface area contributed by atoms with Gasteiger partial charge in [-0.05, 0) is 18.1 Å². The Morgan fingerprint density at radius 1 is 1.27 bits per heavy atom. The second-order valence-electron chi connectivity index (χ2n) is 5.31. The van der Waals surface area contributed by atoms with Crippen molar-refractivity contribution in [3.05, 3.63) is 23.6 Å². The third kappa shape index (κ3) is 3.36. The summed E-state index contributed by atoms with van der Waals surface area (Å²) in [5.74, 6) is -1.24. The van der Waals surface area contributed by atoms with Crippen molar-refractivity contribution < 1.29 is 14.0 Å². The number of nitrogens with zero attached hydrogens (tertiary/aromatic N) is 2. The number of imide groups is 1. The predicted molar refractivity (Wildman–Crippen MR) is 81.7 cm³/mol. The Balaban J connectivity index is 0.00000176. The molecule has 2 N–H and O–H groups in total.